The Kier molecular flexibility index (Phi) is 5.51. The zero-order valence-corrected chi connectivity index (χ0v) is 14.5. The van der Waals surface area contributed by atoms with Gasteiger partial charge in [0.25, 0.3) is 0 Å². The highest BCUT2D eigenvalue weighted by atomic mass is 79.9. The Morgan fingerprint density at radius 2 is 1.62 bits per heavy atom. The van der Waals surface area contributed by atoms with Gasteiger partial charge in [-0.1, -0.05) is 23.7 Å². The van der Waals surface area contributed by atoms with Gasteiger partial charge in [-0.05, 0) is 58.4 Å². The molecule has 0 saturated carbocycles. The van der Waals surface area contributed by atoms with E-state index in [0.717, 1.165) is 21.3 Å². The van der Waals surface area contributed by atoms with Gasteiger partial charge in [0.15, 0.2) is 0 Å². The van der Waals surface area contributed by atoms with Crippen LogP contribution >= 0.6 is 27.5 Å². The average molecular weight is 371 g/mol. The number of methoxy groups -OCH3 is 2. The molecule has 1 N–H and O–H groups in total. The molecule has 0 heterocycles. The van der Waals surface area contributed by atoms with Crippen molar-refractivity contribution >= 4 is 27.5 Å². The molecule has 0 aliphatic carbocycles. The summed E-state index contributed by atoms with van der Waals surface area (Å²) in [6.07, 6.45) is 0. The van der Waals surface area contributed by atoms with E-state index in [4.69, 9.17) is 21.1 Å². The minimum atomic E-state index is 0.0402. The lowest BCUT2D eigenvalue weighted by atomic mass is 9.98. The average Bonchev–Trinajstić information content (AvgIpc) is 2.49. The van der Waals surface area contributed by atoms with E-state index in [0.29, 0.717) is 10.8 Å². The third-order valence-electron chi connectivity index (χ3n) is 3.31. The molecular weight excluding hydrogens is 354 g/mol. The monoisotopic (exact) mass is 369 g/mol. The second-order valence-electron chi connectivity index (χ2n) is 4.51. The fourth-order valence-corrected chi connectivity index (χ4v) is 3.00. The second-order valence-corrected chi connectivity index (χ2v) is 5.77. The van der Waals surface area contributed by atoms with Crippen LogP contribution in [-0.2, 0) is 0 Å². The van der Waals surface area contributed by atoms with E-state index in [9.17, 15) is 0 Å². The maximum absolute atomic E-state index is 6.09. The molecule has 21 heavy (non-hydrogen) atoms. The SMILES string of the molecule is CNC(c1ccc(OC)c(Br)c1)c1ccc(Cl)c(OC)c1. The summed E-state index contributed by atoms with van der Waals surface area (Å²) in [5, 5.41) is 3.91. The van der Waals surface area contributed by atoms with Crippen molar-refractivity contribution in [2.24, 2.45) is 0 Å². The molecule has 3 nitrogen and oxygen atoms in total. The van der Waals surface area contributed by atoms with Crippen molar-refractivity contribution < 1.29 is 9.47 Å². The summed E-state index contributed by atoms with van der Waals surface area (Å²) in [6, 6.07) is 11.8. The molecule has 0 radical (unpaired) electrons. The van der Waals surface area contributed by atoms with E-state index in [1.165, 1.54) is 0 Å². The highest BCUT2D eigenvalue weighted by molar-refractivity contribution is 9.10. The molecule has 112 valence electrons. The van der Waals surface area contributed by atoms with Gasteiger partial charge in [0.05, 0.1) is 29.8 Å². The molecule has 0 bridgehead atoms. The zero-order chi connectivity index (χ0) is 15.4. The molecule has 1 unspecified atom stereocenters. The minimum Gasteiger partial charge on any atom is -0.496 e. The smallest absolute Gasteiger partial charge is 0.137 e. The van der Waals surface area contributed by atoms with Crippen molar-refractivity contribution in [2.45, 2.75) is 6.04 Å². The Morgan fingerprint density at radius 1 is 1.00 bits per heavy atom. The molecule has 1 atom stereocenters. The summed E-state index contributed by atoms with van der Waals surface area (Å²) in [5.74, 6) is 1.48. The first kappa shape index (κ1) is 16.1. The molecule has 0 aromatic heterocycles. The molecule has 0 amide bonds. The molecule has 0 spiro atoms. The summed E-state index contributed by atoms with van der Waals surface area (Å²) in [5.41, 5.74) is 2.20. The summed E-state index contributed by atoms with van der Waals surface area (Å²) < 4.78 is 11.5. The van der Waals surface area contributed by atoms with Gasteiger partial charge >= 0.3 is 0 Å². The lowest BCUT2D eigenvalue weighted by Gasteiger charge is -2.19. The molecule has 0 aliphatic rings. The number of rotatable bonds is 5. The van der Waals surface area contributed by atoms with Crippen molar-refractivity contribution in [3.05, 3.63) is 57.0 Å². The first-order chi connectivity index (χ1) is 10.1. The molecule has 2 aromatic carbocycles. The first-order valence-electron chi connectivity index (χ1n) is 6.44. The first-order valence-corrected chi connectivity index (χ1v) is 7.62. The van der Waals surface area contributed by atoms with Crippen LogP contribution in [0, 0.1) is 0 Å². The van der Waals surface area contributed by atoms with Crippen LogP contribution in [0.1, 0.15) is 17.2 Å². The Morgan fingerprint density at radius 3 is 2.19 bits per heavy atom. The van der Waals surface area contributed by atoms with Crippen LogP contribution < -0.4 is 14.8 Å². The largest absolute Gasteiger partial charge is 0.496 e. The third kappa shape index (κ3) is 3.51. The molecule has 2 rings (SSSR count). The standard InChI is InChI=1S/C16H17BrClNO2/c1-19-16(10-5-7-14(20-2)12(17)8-10)11-4-6-13(18)15(9-11)21-3/h4-9,16,19H,1-3H3. The van der Waals surface area contributed by atoms with Crippen molar-refractivity contribution in [1.82, 2.24) is 5.32 Å². The van der Waals surface area contributed by atoms with E-state index in [2.05, 4.69) is 21.2 Å². The second kappa shape index (κ2) is 7.16. The molecular formula is C16H17BrClNO2. The zero-order valence-electron chi connectivity index (χ0n) is 12.1. The third-order valence-corrected chi connectivity index (χ3v) is 4.24. The van der Waals surface area contributed by atoms with Crippen LogP contribution in [0.4, 0.5) is 0 Å². The normalized spacial score (nSPS) is 12.0. The van der Waals surface area contributed by atoms with Gasteiger partial charge in [0.1, 0.15) is 11.5 Å². The number of nitrogens with one attached hydrogen (secondary N) is 1. The quantitative estimate of drug-likeness (QED) is 0.844. The molecule has 2 aromatic rings. The Balaban J connectivity index is 2.41. The van der Waals surface area contributed by atoms with Gasteiger partial charge in [-0.3, -0.25) is 0 Å². The number of hydrogen-bond acceptors (Lipinski definition) is 3. The van der Waals surface area contributed by atoms with Crippen LogP contribution in [-0.4, -0.2) is 21.3 Å². The predicted molar refractivity (Wildman–Crippen MR) is 89.6 cm³/mol. The van der Waals surface area contributed by atoms with Gasteiger partial charge in [0.2, 0.25) is 0 Å². The van der Waals surface area contributed by atoms with E-state index < -0.39 is 0 Å². The molecule has 5 heteroatoms. The van der Waals surface area contributed by atoms with Crippen LogP contribution in [0.3, 0.4) is 0 Å². The van der Waals surface area contributed by atoms with Crippen molar-refractivity contribution in [1.29, 1.82) is 0 Å². The Hall–Kier alpha value is -1.23. The van der Waals surface area contributed by atoms with Crippen LogP contribution in [0.25, 0.3) is 0 Å². The van der Waals surface area contributed by atoms with Crippen molar-refractivity contribution in [2.75, 3.05) is 21.3 Å². The van der Waals surface area contributed by atoms with E-state index in [1.807, 2.05) is 43.4 Å². The summed E-state index contributed by atoms with van der Waals surface area (Å²) in [7, 11) is 5.19. The number of ether oxygens (including phenoxy) is 2. The van der Waals surface area contributed by atoms with Crippen LogP contribution in [0.15, 0.2) is 40.9 Å². The van der Waals surface area contributed by atoms with Crippen LogP contribution in [0.5, 0.6) is 11.5 Å². The number of hydrogen-bond donors (Lipinski definition) is 1. The Labute approximate surface area is 138 Å². The highest BCUT2D eigenvalue weighted by Crippen LogP contribution is 2.33. The van der Waals surface area contributed by atoms with Crippen molar-refractivity contribution in [3.63, 3.8) is 0 Å². The van der Waals surface area contributed by atoms with E-state index in [1.54, 1.807) is 14.2 Å². The van der Waals surface area contributed by atoms with Gasteiger partial charge in [-0.2, -0.15) is 0 Å². The van der Waals surface area contributed by atoms with E-state index in [-0.39, 0.29) is 6.04 Å². The molecule has 0 fully saturated rings. The van der Waals surface area contributed by atoms with E-state index >= 15 is 0 Å². The van der Waals surface area contributed by atoms with Gasteiger partial charge < -0.3 is 14.8 Å². The number of benzene rings is 2. The predicted octanol–water partition coefficient (Wildman–Crippen LogP) is 4.43. The highest BCUT2D eigenvalue weighted by Gasteiger charge is 2.15. The summed E-state index contributed by atoms with van der Waals surface area (Å²) in [4.78, 5) is 0. The van der Waals surface area contributed by atoms with Gasteiger partial charge in [-0.15, -0.1) is 0 Å². The number of halogens is 2. The van der Waals surface area contributed by atoms with Gasteiger partial charge in [-0.25, -0.2) is 0 Å². The summed E-state index contributed by atoms with van der Waals surface area (Å²) >= 11 is 9.60. The maximum atomic E-state index is 6.09. The lowest BCUT2D eigenvalue weighted by Crippen LogP contribution is -2.17. The topological polar surface area (TPSA) is 30.5 Å². The molecule has 0 saturated heterocycles. The maximum Gasteiger partial charge on any atom is 0.137 e. The summed E-state index contributed by atoms with van der Waals surface area (Å²) in [6.45, 7) is 0. The minimum absolute atomic E-state index is 0.0402. The fourth-order valence-electron chi connectivity index (χ4n) is 2.24. The van der Waals surface area contributed by atoms with Crippen molar-refractivity contribution in [3.8, 4) is 11.5 Å². The molecule has 0 aliphatic heterocycles. The fraction of sp³-hybridized carbons (Fsp3) is 0.250. The Bertz CT molecular complexity index is 634. The van der Waals surface area contributed by atoms with Crippen LogP contribution in [0.2, 0.25) is 5.02 Å². The lowest BCUT2D eigenvalue weighted by molar-refractivity contribution is 0.411. The van der Waals surface area contributed by atoms with Gasteiger partial charge in [0, 0.05) is 0 Å².